The molecule has 0 bridgehead atoms. The lowest BCUT2D eigenvalue weighted by atomic mass is 9.98. The molecule has 0 amide bonds. The van der Waals surface area contributed by atoms with Crippen molar-refractivity contribution in [2.45, 2.75) is 6.04 Å². The summed E-state index contributed by atoms with van der Waals surface area (Å²) in [6.07, 6.45) is 0. The van der Waals surface area contributed by atoms with Gasteiger partial charge in [-0.3, -0.25) is 0 Å². The smallest absolute Gasteiger partial charge is 0.160 e. The van der Waals surface area contributed by atoms with Crippen LogP contribution < -0.4 is 5.32 Å². The minimum Gasteiger partial charge on any atom is -0.309 e. The molecular weight excluding hydrogens is 355 g/mol. The van der Waals surface area contributed by atoms with Crippen LogP contribution in [0.3, 0.4) is 0 Å². The topological polar surface area (TPSA) is 12.0 Å². The third kappa shape index (κ3) is 3.00. The van der Waals surface area contributed by atoms with Gasteiger partial charge in [-0.2, -0.15) is 0 Å². The van der Waals surface area contributed by atoms with E-state index in [9.17, 15) is 13.2 Å². The minimum absolute atomic E-state index is 0.0329. The van der Waals surface area contributed by atoms with Crippen LogP contribution in [0.2, 0.25) is 5.02 Å². The van der Waals surface area contributed by atoms with E-state index in [1.165, 1.54) is 6.07 Å². The summed E-state index contributed by atoms with van der Waals surface area (Å²) >= 11 is 9.09. The van der Waals surface area contributed by atoms with Crippen LogP contribution in [0.5, 0.6) is 0 Å². The molecule has 0 heterocycles. The Hall–Kier alpha value is -1.04. The fourth-order valence-electron chi connectivity index (χ4n) is 1.97. The lowest BCUT2D eigenvalue weighted by Gasteiger charge is -2.19. The van der Waals surface area contributed by atoms with Crippen molar-refractivity contribution in [2.75, 3.05) is 7.05 Å². The van der Waals surface area contributed by atoms with E-state index in [0.29, 0.717) is 10.0 Å². The number of hydrogen-bond acceptors (Lipinski definition) is 1. The van der Waals surface area contributed by atoms with E-state index in [1.54, 1.807) is 19.2 Å². The molecule has 0 aliphatic heterocycles. The lowest BCUT2D eigenvalue weighted by Crippen LogP contribution is -2.19. The van der Waals surface area contributed by atoms with Gasteiger partial charge in [0.1, 0.15) is 5.82 Å². The molecule has 0 spiro atoms. The van der Waals surface area contributed by atoms with Crippen molar-refractivity contribution in [3.63, 3.8) is 0 Å². The van der Waals surface area contributed by atoms with Crippen LogP contribution >= 0.6 is 27.5 Å². The summed E-state index contributed by atoms with van der Waals surface area (Å²) in [6.45, 7) is 0. The van der Waals surface area contributed by atoms with Crippen LogP contribution in [-0.4, -0.2) is 7.05 Å². The maximum absolute atomic E-state index is 14.0. The molecule has 1 unspecified atom stereocenters. The van der Waals surface area contributed by atoms with Crippen LogP contribution in [0, 0.1) is 17.5 Å². The quantitative estimate of drug-likeness (QED) is 0.769. The predicted molar refractivity (Wildman–Crippen MR) is 76.4 cm³/mol. The molecule has 0 saturated carbocycles. The maximum atomic E-state index is 14.0. The Morgan fingerprint density at radius 1 is 1.00 bits per heavy atom. The molecule has 2 aromatic rings. The van der Waals surface area contributed by atoms with Crippen LogP contribution in [0.4, 0.5) is 13.2 Å². The molecule has 6 heteroatoms. The van der Waals surface area contributed by atoms with E-state index >= 15 is 0 Å². The standard InChI is InChI=1S/C14H10BrClF3N/c1-20-14(8-3-2-7(15)4-11(8)17)9-5-12(18)13(19)6-10(9)16/h2-6,14,20H,1H3. The number of halogens is 5. The molecule has 1 N–H and O–H groups in total. The Kier molecular flexibility index (Phi) is 4.73. The molecule has 0 fully saturated rings. The average Bonchev–Trinajstić information content (AvgIpc) is 2.38. The van der Waals surface area contributed by atoms with Crippen LogP contribution in [0.15, 0.2) is 34.8 Å². The summed E-state index contributed by atoms with van der Waals surface area (Å²) in [5, 5.41) is 2.89. The predicted octanol–water partition coefficient (Wildman–Crippen LogP) is 4.83. The Balaban J connectivity index is 2.55. The molecule has 0 aromatic heterocycles. The first kappa shape index (κ1) is 15.4. The van der Waals surface area contributed by atoms with Gasteiger partial charge in [-0.15, -0.1) is 0 Å². The molecule has 1 nitrogen and oxygen atoms in total. The largest absolute Gasteiger partial charge is 0.309 e. The average molecular weight is 365 g/mol. The molecule has 0 aliphatic rings. The first-order chi connectivity index (χ1) is 9.43. The summed E-state index contributed by atoms with van der Waals surface area (Å²) < 4.78 is 41.1. The van der Waals surface area contributed by atoms with E-state index in [1.807, 2.05) is 0 Å². The molecule has 0 radical (unpaired) electrons. The van der Waals surface area contributed by atoms with Crippen molar-refractivity contribution < 1.29 is 13.2 Å². The summed E-state index contributed by atoms with van der Waals surface area (Å²) in [5.41, 5.74) is 0.567. The van der Waals surface area contributed by atoms with E-state index in [-0.39, 0.29) is 10.6 Å². The minimum atomic E-state index is -1.04. The maximum Gasteiger partial charge on any atom is 0.160 e. The van der Waals surface area contributed by atoms with Gasteiger partial charge < -0.3 is 5.32 Å². The molecule has 0 saturated heterocycles. The van der Waals surface area contributed by atoms with E-state index in [2.05, 4.69) is 21.2 Å². The fourth-order valence-corrected chi connectivity index (χ4v) is 2.57. The van der Waals surface area contributed by atoms with Gasteiger partial charge in [0.15, 0.2) is 11.6 Å². The second kappa shape index (κ2) is 6.16. The van der Waals surface area contributed by atoms with Crippen molar-refractivity contribution >= 4 is 27.5 Å². The molecule has 20 heavy (non-hydrogen) atoms. The Labute approximate surface area is 127 Å². The molecule has 0 aliphatic carbocycles. The zero-order valence-corrected chi connectivity index (χ0v) is 12.7. The monoisotopic (exact) mass is 363 g/mol. The lowest BCUT2D eigenvalue weighted by molar-refractivity contribution is 0.503. The fraction of sp³-hybridized carbons (Fsp3) is 0.143. The van der Waals surface area contributed by atoms with Crippen molar-refractivity contribution in [1.29, 1.82) is 0 Å². The van der Waals surface area contributed by atoms with Gasteiger partial charge in [0.25, 0.3) is 0 Å². The highest BCUT2D eigenvalue weighted by Crippen LogP contribution is 2.32. The first-order valence-corrected chi connectivity index (χ1v) is 6.87. The molecular formula is C14H10BrClF3N. The van der Waals surface area contributed by atoms with Gasteiger partial charge >= 0.3 is 0 Å². The Bertz CT molecular complexity index is 649. The highest BCUT2D eigenvalue weighted by molar-refractivity contribution is 9.10. The summed E-state index contributed by atoms with van der Waals surface area (Å²) in [4.78, 5) is 0. The summed E-state index contributed by atoms with van der Waals surface area (Å²) in [7, 11) is 1.59. The zero-order valence-electron chi connectivity index (χ0n) is 10.4. The SMILES string of the molecule is CNC(c1ccc(Br)cc1F)c1cc(F)c(F)cc1Cl. The number of hydrogen-bond donors (Lipinski definition) is 1. The molecule has 1 atom stereocenters. The Morgan fingerprint density at radius 3 is 2.25 bits per heavy atom. The normalized spacial score (nSPS) is 12.5. The van der Waals surface area contributed by atoms with Crippen molar-refractivity contribution in [3.05, 3.63) is 68.4 Å². The van der Waals surface area contributed by atoms with Gasteiger partial charge in [0.2, 0.25) is 0 Å². The third-order valence-corrected chi connectivity index (χ3v) is 3.73. The van der Waals surface area contributed by atoms with Crippen molar-refractivity contribution in [3.8, 4) is 0 Å². The number of nitrogens with one attached hydrogen (secondary N) is 1. The second-order valence-electron chi connectivity index (χ2n) is 4.18. The zero-order chi connectivity index (χ0) is 14.9. The van der Waals surface area contributed by atoms with Gasteiger partial charge in [-0.25, -0.2) is 13.2 Å². The van der Waals surface area contributed by atoms with E-state index in [4.69, 9.17) is 11.6 Å². The summed E-state index contributed by atoms with van der Waals surface area (Å²) in [6, 6.07) is 5.70. The first-order valence-electron chi connectivity index (χ1n) is 5.70. The van der Waals surface area contributed by atoms with Crippen LogP contribution in [0.25, 0.3) is 0 Å². The number of benzene rings is 2. The molecule has 2 rings (SSSR count). The Morgan fingerprint density at radius 2 is 1.65 bits per heavy atom. The highest BCUT2D eigenvalue weighted by atomic mass is 79.9. The second-order valence-corrected chi connectivity index (χ2v) is 5.50. The third-order valence-electron chi connectivity index (χ3n) is 2.91. The van der Waals surface area contributed by atoms with Gasteiger partial charge in [-0.05, 0) is 36.9 Å². The highest BCUT2D eigenvalue weighted by Gasteiger charge is 2.21. The van der Waals surface area contributed by atoms with Crippen LogP contribution in [-0.2, 0) is 0 Å². The summed E-state index contributed by atoms with van der Waals surface area (Å²) in [5.74, 6) is -2.54. The van der Waals surface area contributed by atoms with Gasteiger partial charge in [0.05, 0.1) is 6.04 Å². The number of rotatable bonds is 3. The molecule has 106 valence electrons. The van der Waals surface area contributed by atoms with E-state index < -0.39 is 23.5 Å². The van der Waals surface area contributed by atoms with E-state index in [0.717, 1.165) is 12.1 Å². The van der Waals surface area contributed by atoms with Gasteiger partial charge in [0, 0.05) is 15.1 Å². The van der Waals surface area contributed by atoms with Gasteiger partial charge in [-0.1, -0.05) is 33.6 Å². The van der Waals surface area contributed by atoms with Crippen molar-refractivity contribution in [1.82, 2.24) is 5.32 Å². The van der Waals surface area contributed by atoms with Crippen LogP contribution in [0.1, 0.15) is 17.2 Å². The van der Waals surface area contributed by atoms with Crippen molar-refractivity contribution in [2.24, 2.45) is 0 Å². The molecule has 2 aromatic carbocycles.